The van der Waals surface area contributed by atoms with Crippen molar-refractivity contribution in [1.29, 1.82) is 0 Å². The van der Waals surface area contributed by atoms with Crippen LogP contribution >= 0.6 is 17.0 Å². The summed E-state index contributed by atoms with van der Waals surface area (Å²) < 4.78 is 0.0769. The SMILES string of the molecule is CC1=Cc2c(-c3cccc4cccnc34)cccc2[CH]1[Zr]([Cl])([Cl])([CH]1C(C)=Cc2c(-c3cccc4cccnc34)cccc21)[SiH](C)C. The van der Waals surface area contributed by atoms with Crippen molar-refractivity contribution in [2.24, 2.45) is 0 Å². The first-order chi connectivity index (χ1) is 22.2. The van der Waals surface area contributed by atoms with Crippen LogP contribution in [0.4, 0.5) is 0 Å². The maximum atomic E-state index is 8.50. The molecule has 0 bridgehead atoms. The molecule has 0 amide bonds. The number of hydrogen-bond acceptors (Lipinski definition) is 2. The number of aromatic nitrogens is 2. The van der Waals surface area contributed by atoms with Crippen LogP contribution in [0.15, 0.2) is 121 Å². The van der Waals surface area contributed by atoms with Gasteiger partial charge in [0.25, 0.3) is 0 Å². The van der Waals surface area contributed by atoms with Crippen molar-refractivity contribution in [1.82, 2.24) is 9.97 Å². The Kier molecular flexibility index (Phi) is 7.20. The fourth-order valence-corrected chi connectivity index (χ4v) is 41.4. The van der Waals surface area contributed by atoms with E-state index < -0.39 is 21.5 Å². The van der Waals surface area contributed by atoms with Gasteiger partial charge in [0.2, 0.25) is 0 Å². The molecule has 4 aromatic carbocycles. The van der Waals surface area contributed by atoms with Gasteiger partial charge in [0, 0.05) is 0 Å². The summed E-state index contributed by atoms with van der Waals surface area (Å²) in [5.41, 5.74) is 14.4. The van der Waals surface area contributed by atoms with Gasteiger partial charge in [0.1, 0.15) is 0 Å². The van der Waals surface area contributed by atoms with E-state index >= 15 is 0 Å². The predicted octanol–water partition coefficient (Wildman–Crippen LogP) is 11.7. The molecule has 0 fully saturated rings. The molecule has 2 heterocycles. The molecule has 2 nitrogen and oxygen atoms in total. The van der Waals surface area contributed by atoms with E-state index in [0.717, 1.165) is 32.9 Å². The van der Waals surface area contributed by atoms with Gasteiger partial charge in [0.05, 0.1) is 0 Å². The maximum absolute atomic E-state index is 8.50. The van der Waals surface area contributed by atoms with Gasteiger partial charge >= 0.3 is 282 Å². The number of hydrogen-bond donors (Lipinski definition) is 0. The van der Waals surface area contributed by atoms with Gasteiger partial charge in [-0.2, -0.15) is 0 Å². The number of pyridine rings is 2. The molecular weight excluding hydrogens is 699 g/mol. The summed E-state index contributed by atoms with van der Waals surface area (Å²) in [7, 11) is 17.0. The van der Waals surface area contributed by atoms with E-state index in [1.165, 1.54) is 44.5 Å². The van der Waals surface area contributed by atoms with Crippen molar-refractivity contribution in [3.05, 3.63) is 143 Å². The first-order valence-corrected chi connectivity index (χ1v) is 32.4. The molecule has 2 aromatic heterocycles. The van der Waals surface area contributed by atoms with Gasteiger partial charge in [0.15, 0.2) is 0 Å². The number of allylic oxidation sites excluding steroid dienone is 2. The third-order valence-electron chi connectivity index (χ3n) is 10.6. The van der Waals surface area contributed by atoms with Crippen LogP contribution in [0.3, 0.4) is 0 Å². The standard InChI is InChI=1S/2C19H14N.C2H7Si.2ClH.Zr/c2*1-13-11-15-6-3-8-16(18(15)12-13)17-9-2-5-14-7-4-10-20-19(14)17;1-3-2;;;/h2*2-12H,1H3;3H,1-2H3;2*1H;/q;;;;;+2/p-2. The first kappa shape index (κ1) is 30.2. The average Bonchev–Trinajstić information content (AvgIpc) is 3.60. The summed E-state index contributed by atoms with van der Waals surface area (Å²) in [6.07, 6.45) is 8.51. The third-order valence-corrected chi connectivity index (χ3v) is 62.9. The topological polar surface area (TPSA) is 25.8 Å². The van der Waals surface area contributed by atoms with Gasteiger partial charge in [-0.25, -0.2) is 0 Å². The fourth-order valence-electron chi connectivity index (χ4n) is 8.51. The summed E-state index contributed by atoms with van der Waals surface area (Å²) >= 11 is -4.81. The number of fused-ring (bicyclic) bond motifs is 4. The zero-order chi connectivity index (χ0) is 31.8. The molecule has 0 saturated carbocycles. The number of halogens is 2. The minimum atomic E-state index is -4.81. The second kappa shape index (κ2) is 11.0. The minimum absolute atomic E-state index is 0.0384. The number of rotatable bonds is 5. The zero-order valence-electron chi connectivity index (χ0n) is 26.4. The van der Waals surface area contributed by atoms with Crippen molar-refractivity contribution >= 4 is 56.9 Å². The second-order valence-corrected chi connectivity index (χ2v) is 55.9. The molecule has 227 valence electrons. The Labute approximate surface area is 279 Å². The van der Waals surface area contributed by atoms with Crippen LogP contribution in [0.5, 0.6) is 0 Å². The van der Waals surface area contributed by atoms with E-state index in [0.29, 0.717) is 0 Å². The van der Waals surface area contributed by atoms with E-state index in [2.05, 4.69) is 124 Å². The van der Waals surface area contributed by atoms with Crippen molar-refractivity contribution in [2.75, 3.05) is 0 Å². The monoisotopic (exact) mass is 731 g/mol. The average molecular weight is 734 g/mol. The molecule has 0 aliphatic heterocycles. The Bertz CT molecular complexity index is 2120. The molecule has 2 aliphatic rings. The van der Waals surface area contributed by atoms with Gasteiger partial charge in [-0.1, -0.05) is 0 Å². The van der Waals surface area contributed by atoms with Crippen molar-refractivity contribution < 1.29 is 15.6 Å². The molecule has 0 N–H and O–H groups in total. The van der Waals surface area contributed by atoms with E-state index in [1.807, 2.05) is 24.5 Å². The summed E-state index contributed by atoms with van der Waals surface area (Å²) in [5, 5.41) is 2.28. The Hall–Kier alpha value is -3.14. The van der Waals surface area contributed by atoms with Crippen LogP contribution in [0.1, 0.15) is 43.4 Å². The molecule has 2 unspecified atom stereocenters. The van der Waals surface area contributed by atoms with E-state index in [1.54, 1.807) is 0 Å². The Morgan fingerprint density at radius 3 is 1.37 bits per heavy atom. The molecule has 8 rings (SSSR count). The summed E-state index contributed by atoms with van der Waals surface area (Å²) in [6, 6.07) is 34.6. The molecule has 46 heavy (non-hydrogen) atoms. The Morgan fingerprint density at radius 1 is 0.543 bits per heavy atom. The Morgan fingerprint density at radius 2 is 0.935 bits per heavy atom. The van der Waals surface area contributed by atoms with Gasteiger partial charge < -0.3 is 0 Å². The fraction of sp³-hybridized carbons (Fsp3) is 0.150. The summed E-state index contributed by atoms with van der Waals surface area (Å²) in [4.78, 5) is 9.59. The molecule has 6 heteroatoms. The van der Waals surface area contributed by atoms with Crippen molar-refractivity contribution in [3.63, 3.8) is 0 Å². The van der Waals surface area contributed by atoms with Gasteiger partial charge in [-0.15, -0.1) is 0 Å². The number of para-hydroxylation sites is 2. The summed E-state index contributed by atoms with van der Waals surface area (Å²) in [5.74, 6) is -1.64. The molecule has 2 atom stereocenters. The molecule has 2 aliphatic carbocycles. The molecule has 0 spiro atoms. The molecule has 6 aromatic rings. The number of benzene rings is 4. The van der Waals surface area contributed by atoms with Gasteiger partial charge in [-0.3, -0.25) is 0 Å². The zero-order valence-corrected chi connectivity index (χ0v) is 31.6. The first-order valence-electron chi connectivity index (χ1n) is 16.1. The van der Waals surface area contributed by atoms with Gasteiger partial charge in [-0.05, 0) is 0 Å². The van der Waals surface area contributed by atoms with Crippen LogP contribution in [-0.4, -0.2) is 15.9 Å². The normalized spacial score (nSPS) is 18.3. The Balaban J connectivity index is 1.32. The molecule has 0 saturated heterocycles. The number of nitrogens with zero attached hydrogens (tertiary/aromatic N) is 2. The van der Waals surface area contributed by atoms with E-state index in [4.69, 9.17) is 27.0 Å². The molecular formula is C40H35Cl2N2SiZr. The van der Waals surface area contributed by atoms with E-state index in [-0.39, 0.29) is 7.25 Å². The third kappa shape index (κ3) is 4.30. The van der Waals surface area contributed by atoms with Crippen LogP contribution < -0.4 is 0 Å². The summed E-state index contributed by atoms with van der Waals surface area (Å²) in [6.45, 7) is 9.33. The van der Waals surface area contributed by atoms with Crippen molar-refractivity contribution in [3.8, 4) is 22.3 Å². The van der Waals surface area contributed by atoms with Crippen molar-refractivity contribution in [2.45, 2.75) is 34.2 Å². The predicted molar refractivity (Wildman–Crippen MR) is 198 cm³/mol. The van der Waals surface area contributed by atoms with E-state index in [9.17, 15) is 0 Å². The van der Waals surface area contributed by atoms with Crippen LogP contribution in [0, 0.1) is 0 Å². The van der Waals surface area contributed by atoms with Crippen LogP contribution in [-0.2, 0) is 15.6 Å². The van der Waals surface area contributed by atoms with Crippen LogP contribution in [0.25, 0.3) is 56.2 Å². The second-order valence-electron chi connectivity index (χ2n) is 13.4. The quantitative estimate of drug-likeness (QED) is 0.165. The molecule has 0 radical (unpaired) electrons. The van der Waals surface area contributed by atoms with Crippen LogP contribution in [0.2, 0.25) is 13.1 Å².